The topological polar surface area (TPSA) is 60.0 Å². The smallest absolute Gasteiger partial charge is 0.203 e. The van der Waals surface area contributed by atoms with E-state index in [2.05, 4.69) is 19.8 Å². The zero-order valence-corrected chi connectivity index (χ0v) is 16.8. The molecule has 1 aliphatic heterocycles. The predicted molar refractivity (Wildman–Crippen MR) is 105 cm³/mol. The number of methoxy groups -OCH3 is 3. The molecule has 146 valence electrons. The molecule has 7 nitrogen and oxygen atoms in total. The molecule has 7 heteroatoms. The van der Waals surface area contributed by atoms with E-state index in [0.29, 0.717) is 11.5 Å². The van der Waals surface area contributed by atoms with Crippen molar-refractivity contribution >= 4 is 5.82 Å². The average molecular weight is 372 g/mol. The molecule has 1 aliphatic rings. The average Bonchev–Trinajstić information content (AvgIpc) is 2.70. The molecule has 0 radical (unpaired) electrons. The van der Waals surface area contributed by atoms with Crippen LogP contribution in [0.3, 0.4) is 0 Å². The summed E-state index contributed by atoms with van der Waals surface area (Å²) in [7, 11) is 4.93. The minimum absolute atomic E-state index is 0.641. The van der Waals surface area contributed by atoms with Crippen molar-refractivity contribution in [2.24, 2.45) is 0 Å². The minimum atomic E-state index is 0.641. The fourth-order valence-electron chi connectivity index (χ4n) is 3.47. The minimum Gasteiger partial charge on any atom is -0.493 e. The molecule has 1 aromatic heterocycles. The predicted octanol–water partition coefficient (Wildman–Crippen LogP) is 2.44. The summed E-state index contributed by atoms with van der Waals surface area (Å²) < 4.78 is 16.5. The second kappa shape index (κ2) is 8.43. The van der Waals surface area contributed by atoms with Crippen LogP contribution in [0.5, 0.6) is 17.2 Å². The number of hydrogen-bond acceptors (Lipinski definition) is 7. The van der Waals surface area contributed by atoms with Gasteiger partial charge in [-0.05, 0) is 19.9 Å². The molecule has 0 N–H and O–H groups in total. The van der Waals surface area contributed by atoms with Gasteiger partial charge in [0.15, 0.2) is 11.5 Å². The van der Waals surface area contributed by atoms with Crippen molar-refractivity contribution in [2.45, 2.75) is 20.4 Å². The molecule has 1 fully saturated rings. The standard InChI is InChI=1S/C20H28N4O3/c1-14-12-21-15(2)20(22-14)24-10-8-23(9-11-24)13-16-6-7-17(25-3)19(27-5)18(16)26-4/h6-7,12H,8-11,13H2,1-5H3. The van der Waals surface area contributed by atoms with E-state index in [1.54, 1.807) is 21.3 Å². The van der Waals surface area contributed by atoms with E-state index >= 15 is 0 Å². The van der Waals surface area contributed by atoms with Gasteiger partial charge >= 0.3 is 0 Å². The van der Waals surface area contributed by atoms with Gasteiger partial charge in [-0.15, -0.1) is 0 Å². The van der Waals surface area contributed by atoms with E-state index in [9.17, 15) is 0 Å². The van der Waals surface area contributed by atoms with Crippen molar-refractivity contribution in [3.8, 4) is 17.2 Å². The van der Waals surface area contributed by atoms with Gasteiger partial charge in [0.05, 0.1) is 32.7 Å². The van der Waals surface area contributed by atoms with Gasteiger partial charge in [-0.2, -0.15) is 0 Å². The summed E-state index contributed by atoms with van der Waals surface area (Å²) in [5, 5.41) is 0. The number of aryl methyl sites for hydroxylation is 2. The van der Waals surface area contributed by atoms with Crippen LogP contribution >= 0.6 is 0 Å². The van der Waals surface area contributed by atoms with Crippen molar-refractivity contribution in [3.63, 3.8) is 0 Å². The first-order valence-electron chi connectivity index (χ1n) is 9.12. The Bertz CT molecular complexity index is 789. The summed E-state index contributed by atoms with van der Waals surface area (Å²) >= 11 is 0. The fourth-order valence-corrected chi connectivity index (χ4v) is 3.47. The van der Waals surface area contributed by atoms with Gasteiger partial charge in [0.1, 0.15) is 5.82 Å². The van der Waals surface area contributed by atoms with E-state index < -0.39 is 0 Å². The number of ether oxygens (including phenoxy) is 3. The first kappa shape index (κ1) is 19.2. The molecule has 0 spiro atoms. The number of nitrogens with zero attached hydrogens (tertiary/aromatic N) is 4. The van der Waals surface area contributed by atoms with E-state index in [-0.39, 0.29) is 0 Å². The first-order chi connectivity index (χ1) is 13.1. The van der Waals surface area contributed by atoms with Gasteiger partial charge in [-0.25, -0.2) is 4.98 Å². The highest BCUT2D eigenvalue weighted by molar-refractivity contribution is 5.55. The van der Waals surface area contributed by atoms with Crippen molar-refractivity contribution in [1.29, 1.82) is 0 Å². The molecule has 0 saturated carbocycles. The third-order valence-electron chi connectivity index (χ3n) is 4.90. The molecule has 3 rings (SSSR count). The van der Waals surface area contributed by atoms with E-state index in [1.807, 2.05) is 32.2 Å². The van der Waals surface area contributed by atoms with Gasteiger partial charge < -0.3 is 19.1 Å². The Labute approximate surface area is 160 Å². The molecule has 0 atom stereocenters. The Balaban J connectivity index is 1.70. The molecule has 1 aromatic carbocycles. The van der Waals surface area contributed by atoms with Crippen LogP contribution in [0, 0.1) is 13.8 Å². The van der Waals surface area contributed by atoms with Crippen LogP contribution in [-0.4, -0.2) is 62.4 Å². The molecule has 2 heterocycles. The zero-order valence-electron chi connectivity index (χ0n) is 16.8. The molecule has 2 aromatic rings. The maximum Gasteiger partial charge on any atom is 0.203 e. The molecular formula is C20H28N4O3. The van der Waals surface area contributed by atoms with Crippen molar-refractivity contribution in [2.75, 3.05) is 52.4 Å². The number of anilines is 1. The van der Waals surface area contributed by atoms with Gasteiger partial charge in [0, 0.05) is 44.5 Å². The zero-order chi connectivity index (χ0) is 19.4. The molecule has 27 heavy (non-hydrogen) atoms. The lowest BCUT2D eigenvalue weighted by atomic mass is 10.1. The first-order valence-corrected chi connectivity index (χ1v) is 9.12. The van der Waals surface area contributed by atoms with Crippen LogP contribution in [-0.2, 0) is 6.54 Å². The Kier molecular flexibility index (Phi) is 6.01. The Morgan fingerprint density at radius 2 is 1.63 bits per heavy atom. The van der Waals surface area contributed by atoms with Crippen LogP contribution in [0.15, 0.2) is 18.3 Å². The van der Waals surface area contributed by atoms with Gasteiger partial charge in [0.25, 0.3) is 0 Å². The van der Waals surface area contributed by atoms with Crippen molar-refractivity contribution in [3.05, 3.63) is 35.3 Å². The Hall–Kier alpha value is -2.54. The molecule has 1 saturated heterocycles. The van der Waals surface area contributed by atoms with Crippen LogP contribution < -0.4 is 19.1 Å². The summed E-state index contributed by atoms with van der Waals surface area (Å²) in [6, 6.07) is 3.97. The van der Waals surface area contributed by atoms with Crippen molar-refractivity contribution < 1.29 is 14.2 Å². The summed E-state index contributed by atoms with van der Waals surface area (Å²) in [4.78, 5) is 13.8. The second-order valence-electron chi connectivity index (χ2n) is 6.68. The Morgan fingerprint density at radius 3 is 2.26 bits per heavy atom. The van der Waals surface area contributed by atoms with E-state index in [0.717, 1.165) is 61.2 Å². The van der Waals surface area contributed by atoms with Gasteiger partial charge in [0.2, 0.25) is 5.75 Å². The normalized spacial score (nSPS) is 14.9. The van der Waals surface area contributed by atoms with E-state index in [4.69, 9.17) is 14.2 Å². The summed E-state index contributed by atoms with van der Waals surface area (Å²) in [6.45, 7) is 8.55. The van der Waals surface area contributed by atoms with Crippen molar-refractivity contribution in [1.82, 2.24) is 14.9 Å². The highest BCUT2D eigenvalue weighted by Crippen LogP contribution is 2.40. The second-order valence-corrected chi connectivity index (χ2v) is 6.68. The number of hydrogen-bond donors (Lipinski definition) is 0. The summed E-state index contributed by atoms with van der Waals surface area (Å²) in [6.07, 6.45) is 1.82. The van der Waals surface area contributed by atoms with Gasteiger partial charge in [-0.1, -0.05) is 6.07 Å². The SMILES string of the molecule is COc1ccc(CN2CCN(c3nc(C)cnc3C)CC2)c(OC)c1OC. The number of rotatable bonds is 6. The summed E-state index contributed by atoms with van der Waals surface area (Å²) in [5.74, 6) is 3.05. The lowest BCUT2D eigenvalue weighted by Gasteiger charge is -2.36. The monoisotopic (exact) mass is 372 g/mol. The number of piperazine rings is 1. The van der Waals surface area contributed by atoms with Crippen LogP contribution in [0.4, 0.5) is 5.82 Å². The molecule has 0 unspecified atom stereocenters. The summed E-state index contributed by atoms with van der Waals surface area (Å²) in [5.41, 5.74) is 3.03. The fraction of sp³-hybridized carbons (Fsp3) is 0.500. The third-order valence-corrected chi connectivity index (χ3v) is 4.90. The molecular weight excluding hydrogens is 344 g/mol. The highest BCUT2D eigenvalue weighted by Gasteiger charge is 2.22. The van der Waals surface area contributed by atoms with Crippen LogP contribution in [0.2, 0.25) is 0 Å². The lowest BCUT2D eigenvalue weighted by molar-refractivity contribution is 0.243. The molecule has 0 bridgehead atoms. The van der Waals surface area contributed by atoms with Gasteiger partial charge in [-0.3, -0.25) is 9.88 Å². The number of aromatic nitrogens is 2. The van der Waals surface area contributed by atoms with E-state index in [1.165, 1.54) is 0 Å². The quantitative estimate of drug-likeness (QED) is 0.772. The molecule has 0 amide bonds. The van der Waals surface area contributed by atoms with Crippen LogP contribution in [0.25, 0.3) is 0 Å². The van der Waals surface area contributed by atoms with Crippen LogP contribution in [0.1, 0.15) is 17.0 Å². The largest absolute Gasteiger partial charge is 0.493 e. The Morgan fingerprint density at radius 1 is 0.926 bits per heavy atom. The highest BCUT2D eigenvalue weighted by atomic mass is 16.5. The molecule has 0 aliphatic carbocycles. The maximum atomic E-state index is 5.61. The third kappa shape index (κ3) is 4.08. The number of benzene rings is 1. The lowest BCUT2D eigenvalue weighted by Crippen LogP contribution is -2.46. The maximum absolute atomic E-state index is 5.61.